The molecular weight excluding hydrogens is 511 g/mol. The zero-order chi connectivity index (χ0) is 27.9. The molecule has 1 aliphatic rings. The third kappa shape index (κ3) is 7.92. The summed E-state index contributed by atoms with van der Waals surface area (Å²) in [5.74, 6) is -2.09. The predicted octanol–water partition coefficient (Wildman–Crippen LogP) is 3.74. The van der Waals surface area contributed by atoms with Gasteiger partial charge in [0.15, 0.2) is 5.69 Å². The van der Waals surface area contributed by atoms with E-state index in [9.17, 15) is 18.0 Å². The Morgan fingerprint density at radius 3 is 2.55 bits per heavy atom. The molecular formula is C24H30F3N5O6. The second-order valence-electron chi connectivity index (χ2n) is 8.75. The quantitative estimate of drug-likeness (QED) is 0.441. The number of carbonyl (C=O) groups is 2. The van der Waals surface area contributed by atoms with Crippen molar-refractivity contribution in [1.29, 1.82) is 0 Å². The van der Waals surface area contributed by atoms with Crippen molar-refractivity contribution in [3.05, 3.63) is 42.1 Å². The summed E-state index contributed by atoms with van der Waals surface area (Å²) in [6.45, 7) is 6.54. The first-order valence-corrected chi connectivity index (χ1v) is 11.9. The highest BCUT2D eigenvalue weighted by atomic mass is 19.4. The van der Waals surface area contributed by atoms with Gasteiger partial charge in [-0.2, -0.15) is 18.3 Å². The number of hydrogen-bond donors (Lipinski definition) is 2. The van der Waals surface area contributed by atoms with E-state index in [0.717, 1.165) is 37.4 Å². The smallest absolute Gasteiger partial charge is 0.489 e. The highest BCUT2D eigenvalue weighted by molar-refractivity contribution is 6.03. The molecule has 4 rings (SSSR count). The number of methoxy groups -OCH3 is 1. The number of anilines is 1. The molecule has 2 N–H and O–H groups in total. The van der Waals surface area contributed by atoms with Crippen molar-refractivity contribution < 1.29 is 42.1 Å². The molecule has 1 aliphatic heterocycles. The zero-order valence-corrected chi connectivity index (χ0v) is 21.2. The molecule has 0 saturated carbocycles. The molecule has 1 saturated heterocycles. The first-order chi connectivity index (χ1) is 18.0. The number of pyridine rings is 1. The van der Waals surface area contributed by atoms with Crippen molar-refractivity contribution in [1.82, 2.24) is 19.2 Å². The molecule has 3 aromatic rings. The summed E-state index contributed by atoms with van der Waals surface area (Å²) in [7, 11) is 1.63. The van der Waals surface area contributed by atoms with Gasteiger partial charge in [0.25, 0.3) is 5.91 Å². The van der Waals surface area contributed by atoms with Crippen LogP contribution in [0, 0.1) is 0 Å². The molecule has 208 valence electrons. The third-order valence-corrected chi connectivity index (χ3v) is 5.46. The van der Waals surface area contributed by atoms with Gasteiger partial charge >= 0.3 is 12.1 Å². The minimum absolute atomic E-state index is 0.0451. The molecule has 4 heterocycles. The van der Waals surface area contributed by atoms with Gasteiger partial charge in [0.05, 0.1) is 24.9 Å². The Morgan fingerprint density at radius 2 is 1.95 bits per heavy atom. The molecule has 0 aromatic carbocycles. The van der Waals surface area contributed by atoms with Crippen LogP contribution in [-0.4, -0.2) is 75.4 Å². The van der Waals surface area contributed by atoms with Gasteiger partial charge in [-0.3, -0.25) is 9.48 Å². The lowest BCUT2D eigenvalue weighted by Gasteiger charge is -2.19. The van der Waals surface area contributed by atoms with Crippen LogP contribution in [0.15, 0.2) is 30.7 Å². The van der Waals surface area contributed by atoms with Crippen molar-refractivity contribution >= 4 is 23.2 Å². The van der Waals surface area contributed by atoms with Crippen molar-refractivity contribution in [3.63, 3.8) is 0 Å². The van der Waals surface area contributed by atoms with Crippen LogP contribution in [0.3, 0.4) is 0 Å². The third-order valence-electron chi connectivity index (χ3n) is 5.46. The van der Waals surface area contributed by atoms with Gasteiger partial charge in [0, 0.05) is 50.9 Å². The van der Waals surface area contributed by atoms with Gasteiger partial charge in [-0.1, -0.05) is 0 Å². The average molecular weight is 542 g/mol. The molecule has 1 fully saturated rings. The molecule has 0 atom stereocenters. The lowest BCUT2D eigenvalue weighted by molar-refractivity contribution is -0.192. The molecule has 11 nitrogen and oxygen atoms in total. The molecule has 1 amide bonds. The van der Waals surface area contributed by atoms with Gasteiger partial charge in [0.2, 0.25) is 0 Å². The van der Waals surface area contributed by atoms with Crippen LogP contribution in [0.25, 0.3) is 5.65 Å². The Kier molecular flexibility index (Phi) is 9.69. The summed E-state index contributed by atoms with van der Waals surface area (Å²) in [4.78, 5) is 26.5. The fourth-order valence-electron chi connectivity index (χ4n) is 3.65. The number of carboxylic acid groups (broad SMARTS) is 1. The number of hydrogen-bond acceptors (Lipinski definition) is 7. The number of fused-ring (bicyclic) bond motifs is 1. The molecule has 0 radical (unpaired) electrons. The van der Waals surface area contributed by atoms with Crippen LogP contribution in [0.4, 0.5) is 18.9 Å². The zero-order valence-electron chi connectivity index (χ0n) is 21.2. The minimum Gasteiger partial charge on any atom is -0.489 e. The summed E-state index contributed by atoms with van der Waals surface area (Å²) < 4.78 is 51.9. The molecule has 0 spiro atoms. The summed E-state index contributed by atoms with van der Waals surface area (Å²) >= 11 is 0. The van der Waals surface area contributed by atoms with E-state index in [4.69, 9.17) is 29.1 Å². The summed E-state index contributed by atoms with van der Waals surface area (Å²) in [5.41, 5.74) is 2.74. The van der Waals surface area contributed by atoms with Gasteiger partial charge < -0.3 is 29.0 Å². The molecule has 38 heavy (non-hydrogen) atoms. The van der Waals surface area contributed by atoms with Crippen LogP contribution in [-0.2, 0) is 20.8 Å². The number of halogens is 3. The topological polar surface area (TPSA) is 129 Å². The minimum atomic E-state index is -5.08. The summed E-state index contributed by atoms with van der Waals surface area (Å²) in [5, 5.41) is 14.4. The fraction of sp³-hybridized carbons (Fsp3) is 0.500. The number of carboxylic acids is 1. The van der Waals surface area contributed by atoms with Crippen LogP contribution >= 0.6 is 0 Å². The first kappa shape index (κ1) is 28.9. The van der Waals surface area contributed by atoms with Crippen LogP contribution in [0.5, 0.6) is 5.75 Å². The molecule has 14 heteroatoms. The lowest BCUT2D eigenvalue weighted by atomic mass is 9.97. The van der Waals surface area contributed by atoms with Crippen molar-refractivity contribution in [3.8, 4) is 5.75 Å². The number of ether oxygens (including phenoxy) is 3. The van der Waals surface area contributed by atoms with Gasteiger partial charge in [-0.15, -0.1) is 0 Å². The molecule has 0 aliphatic carbocycles. The Morgan fingerprint density at radius 1 is 1.26 bits per heavy atom. The first-order valence-electron chi connectivity index (χ1n) is 11.9. The fourth-order valence-corrected chi connectivity index (χ4v) is 3.65. The highest BCUT2D eigenvalue weighted by Crippen LogP contribution is 2.31. The van der Waals surface area contributed by atoms with E-state index in [2.05, 4.69) is 10.4 Å². The van der Waals surface area contributed by atoms with Crippen LogP contribution in [0.1, 0.15) is 48.8 Å². The van der Waals surface area contributed by atoms with Crippen molar-refractivity contribution in [2.24, 2.45) is 0 Å². The van der Waals surface area contributed by atoms with Gasteiger partial charge in [-0.25, -0.2) is 9.78 Å². The number of nitrogens with one attached hydrogen (secondary N) is 1. The maximum atomic E-state index is 12.8. The van der Waals surface area contributed by atoms with E-state index < -0.39 is 12.1 Å². The Balaban J connectivity index is 0.000000505. The maximum absolute atomic E-state index is 12.8. The lowest BCUT2D eigenvalue weighted by Crippen LogP contribution is -2.21. The second-order valence-corrected chi connectivity index (χ2v) is 8.75. The second kappa shape index (κ2) is 12.7. The highest BCUT2D eigenvalue weighted by Gasteiger charge is 2.38. The number of rotatable bonds is 8. The Bertz CT molecular complexity index is 1230. The maximum Gasteiger partial charge on any atom is 0.490 e. The van der Waals surface area contributed by atoms with Crippen molar-refractivity contribution in [2.75, 3.05) is 32.2 Å². The summed E-state index contributed by atoms with van der Waals surface area (Å²) in [6, 6.07) is 3.56. The largest absolute Gasteiger partial charge is 0.490 e. The molecule has 0 bridgehead atoms. The van der Waals surface area contributed by atoms with Gasteiger partial charge in [-0.05, 0) is 32.8 Å². The van der Waals surface area contributed by atoms with E-state index in [1.807, 2.05) is 36.7 Å². The normalized spacial score (nSPS) is 14.3. The number of aromatic nitrogens is 4. The Labute approximate surface area is 216 Å². The molecule has 3 aromatic heterocycles. The Hall–Kier alpha value is -3.65. The number of amides is 1. The predicted molar refractivity (Wildman–Crippen MR) is 129 cm³/mol. The number of nitrogens with zero attached hydrogens (tertiary/aromatic N) is 4. The van der Waals surface area contributed by atoms with E-state index in [1.54, 1.807) is 24.1 Å². The number of imidazole rings is 1. The van der Waals surface area contributed by atoms with Crippen LogP contribution in [0.2, 0.25) is 0 Å². The standard InChI is InChI=1S/C22H29N5O4.C2HF3O2/c1-15(2)31-20-12-21-23-18(16-5-9-30-10-6-16)13-26(21)14-19(20)24-22(28)17-4-7-27(25-17)8-11-29-3;3-2(4,5)1(6)7/h4,7,12-16H,5-6,8-11H2,1-3H3,(H,24,28);(H,6,7). The number of aliphatic carboxylic acids is 1. The van der Waals surface area contributed by atoms with E-state index in [1.165, 1.54) is 0 Å². The SMILES string of the molecule is COCCn1ccc(C(=O)Nc2cn3cc(C4CCOCC4)nc3cc2OC(C)C)n1.O=C(O)C(F)(F)F. The van der Waals surface area contributed by atoms with Crippen molar-refractivity contribution in [2.45, 2.75) is 51.4 Å². The number of carbonyl (C=O) groups excluding carboxylic acids is 1. The number of alkyl halides is 3. The van der Waals surface area contributed by atoms with E-state index in [0.29, 0.717) is 36.2 Å². The monoisotopic (exact) mass is 541 g/mol. The van der Waals surface area contributed by atoms with Gasteiger partial charge in [0.1, 0.15) is 17.1 Å². The van der Waals surface area contributed by atoms with E-state index in [-0.39, 0.29) is 12.0 Å². The van der Waals surface area contributed by atoms with Crippen LogP contribution < -0.4 is 10.1 Å². The van der Waals surface area contributed by atoms with E-state index >= 15 is 0 Å². The average Bonchev–Trinajstić information content (AvgIpc) is 3.50. The molecule has 0 unspecified atom stereocenters. The summed E-state index contributed by atoms with van der Waals surface area (Å²) in [6.07, 6.45) is 2.45.